The molecule has 0 saturated carbocycles. The van der Waals surface area contributed by atoms with Crippen molar-refractivity contribution in [3.63, 3.8) is 0 Å². The lowest BCUT2D eigenvalue weighted by molar-refractivity contribution is -0.130. The Hall–Kier alpha value is -3.98. The number of fused-ring (bicyclic) bond motifs is 1. The number of nitrogen functional groups attached to an aromatic ring is 1. The smallest absolute Gasteiger partial charge is 0.294 e. The molecular formula is C25H22N6O2S. The Morgan fingerprint density at radius 2 is 1.76 bits per heavy atom. The van der Waals surface area contributed by atoms with E-state index in [1.165, 1.54) is 11.9 Å². The number of aryl methyl sites for hydroxylation is 1. The predicted molar refractivity (Wildman–Crippen MR) is 133 cm³/mol. The first-order valence-electron chi connectivity index (χ1n) is 10.8. The molecule has 5 rings (SSSR count). The van der Waals surface area contributed by atoms with Gasteiger partial charge in [0.05, 0.1) is 17.5 Å². The van der Waals surface area contributed by atoms with Gasteiger partial charge in [0, 0.05) is 6.42 Å². The van der Waals surface area contributed by atoms with Gasteiger partial charge in [-0.05, 0) is 34.9 Å². The van der Waals surface area contributed by atoms with E-state index in [2.05, 4.69) is 34.5 Å². The lowest BCUT2D eigenvalue weighted by Crippen LogP contribution is -2.33. The van der Waals surface area contributed by atoms with Gasteiger partial charge in [0.15, 0.2) is 0 Å². The Morgan fingerprint density at radius 3 is 2.56 bits per heavy atom. The Balaban J connectivity index is 1.44. The molecule has 0 spiro atoms. The number of nitrogens with two attached hydrogens (primary N) is 1. The van der Waals surface area contributed by atoms with Gasteiger partial charge in [-0.15, -0.1) is 10.2 Å². The molecule has 34 heavy (non-hydrogen) atoms. The van der Waals surface area contributed by atoms with Crippen molar-refractivity contribution in [1.82, 2.24) is 19.9 Å². The summed E-state index contributed by atoms with van der Waals surface area (Å²) in [5.74, 6) is 5.63. The Morgan fingerprint density at radius 1 is 1.03 bits per heavy atom. The van der Waals surface area contributed by atoms with E-state index in [0.717, 1.165) is 44.0 Å². The maximum Gasteiger partial charge on any atom is 0.294 e. The maximum atomic E-state index is 13.3. The second-order valence-corrected chi connectivity index (χ2v) is 8.95. The van der Waals surface area contributed by atoms with Crippen LogP contribution in [-0.2, 0) is 4.79 Å². The summed E-state index contributed by atoms with van der Waals surface area (Å²) in [6.07, 6.45) is 0.602. The summed E-state index contributed by atoms with van der Waals surface area (Å²) in [5.41, 5.74) is 2.61. The summed E-state index contributed by atoms with van der Waals surface area (Å²) in [5, 5.41) is 16.5. The highest BCUT2D eigenvalue weighted by Crippen LogP contribution is 2.34. The minimum absolute atomic E-state index is 0.0201. The first-order valence-corrected chi connectivity index (χ1v) is 11.8. The number of aromatic nitrogens is 3. The van der Waals surface area contributed by atoms with Crippen molar-refractivity contribution in [2.24, 2.45) is 5.10 Å². The Bertz CT molecular complexity index is 1470. The predicted octanol–water partition coefficient (Wildman–Crippen LogP) is 3.28. The third-order valence-electron chi connectivity index (χ3n) is 5.78. The fourth-order valence-electron chi connectivity index (χ4n) is 3.98. The van der Waals surface area contributed by atoms with Crippen molar-refractivity contribution < 1.29 is 4.79 Å². The summed E-state index contributed by atoms with van der Waals surface area (Å²) < 4.78 is 0.919. The van der Waals surface area contributed by atoms with E-state index in [1.54, 1.807) is 0 Å². The molecule has 9 heteroatoms. The van der Waals surface area contributed by atoms with E-state index in [1.807, 2.05) is 48.5 Å². The van der Waals surface area contributed by atoms with Gasteiger partial charge in [-0.1, -0.05) is 78.5 Å². The van der Waals surface area contributed by atoms with Crippen LogP contribution in [-0.4, -0.2) is 37.3 Å². The standard InChI is InChI=1S/C25H22N6O2S/c1-16-24(33)30(26)25(28-27-16)34-15-23(32)31-22(18-8-3-2-4-9-18)14-21(29-31)20-12-11-17-7-5-6-10-19(17)13-20/h2-13,22H,14-15,26H2,1H3/t22-/m0/s1. The van der Waals surface area contributed by atoms with Crippen LogP contribution in [0.4, 0.5) is 0 Å². The van der Waals surface area contributed by atoms with E-state index >= 15 is 0 Å². The number of carbonyl (C=O) groups is 1. The SMILES string of the molecule is Cc1nnc(SCC(=O)N2N=C(c3ccc4ccccc4c3)C[C@H]2c2ccccc2)n(N)c1=O. The Kier molecular flexibility index (Phi) is 5.85. The van der Waals surface area contributed by atoms with E-state index in [-0.39, 0.29) is 28.6 Å². The minimum atomic E-state index is -0.440. The van der Waals surface area contributed by atoms with Gasteiger partial charge in [0.2, 0.25) is 5.16 Å². The van der Waals surface area contributed by atoms with Crippen molar-refractivity contribution >= 4 is 34.2 Å². The largest absolute Gasteiger partial charge is 0.334 e. The van der Waals surface area contributed by atoms with Crippen LogP contribution >= 0.6 is 11.8 Å². The van der Waals surface area contributed by atoms with Gasteiger partial charge in [0.25, 0.3) is 11.5 Å². The molecule has 2 heterocycles. The Labute approximate surface area is 200 Å². The highest BCUT2D eigenvalue weighted by molar-refractivity contribution is 7.99. The monoisotopic (exact) mass is 470 g/mol. The van der Waals surface area contributed by atoms with Crippen LogP contribution in [0.15, 0.2) is 87.8 Å². The third kappa shape index (κ3) is 4.17. The van der Waals surface area contributed by atoms with Crippen molar-refractivity contribution in [2.75, 3.05) is 11.6 Å². The van der Waals surface area contributed by atoms with Crippen LogP contribution in [0.3, 0.4) is 0 Å². The normalized spacial score (nSPS) is 15.5. The minimum Gasteiger partial charge on any atom is -0.334 e. The number of rotatable bonds is 5. The summed E-state index contributed by atoms with van der Waals surface area (Å²) in [7, 11) is 0. The molecule has 0 unspecified atom stereocenters. The molecule has 0 aliphatic carbocycles. The van der Waals surface area contributed by atoms with Crippen molar-refractivity contribution in [3.8, 4) is 0 Å². The van der Waals surface area contributed by atoms with Gasteiger partial charge in [-0.25, -0.2) is 5.01 Å². The topological polar surface area (TPSA) is 106 Å². The van der Waals surface area contributed by atoms with E-state index in [0.29, 0.717) is 6.42 Å². The fourth-order valence-corrected chi connectivity index (χ4v) is 4.68. The van der Waals surface area contributed by atoms with Crippen LogP contribution < -0.4 is 11.4 Å². The number of hydrogen-bond donors (Lipinski definition) is 1. The number of thioether (sulfide) groups is 1. The van der Waals surface area contributed by atoms with Crippen molar-refractivity contribution in [2.45, 2.75) is 24.5 Å². The summed E-state index contributed by atoms with van der Waals surface area (Å²) in [6.45, 7) is 1.54. The first kappa shape index (κ1) is 21.8. The van der Waals surface area contributed by atoms with E-state index in [9.17, 15) is 9.59 Å². The van der Waals surface area contributed by atoms with Crippen LogP contribution in [0.2, 0.25) is 0 Å². The molecule has 0 saturated heterocycles. The van der Waals surface area contributed by atoms with Crippen molar-refractivity contribution in [3.05, 3.63) is 100.0 Å². The van der Waals surface area contributed by atoms with Crippen LogP contribution in [0.5, 0.6) is 0 Å². The molecule has 1 amide bonds. The molecule has 1 aliphatic rings. The fraction of sp³-hybridized carbons (Fsp3) is 0.160. The molecule has 3 aromatic carbocycles. The highest BCUT2D eigenvalue weighted by atomic mass is 32.2. The average molecular weight is 471 g/mol. The number of hydrazone groups is 1. The van der Waals surface area contributed by atoms with E-state index < -0.39 is 5.56 Å². The molecule has 0 radical (unpaired) electrons. The number of hydrogen-bond acceptors (Lipinski definition) is 7. The van der Waals surface area contributed by atoms with E-state index in [4.69, 9.17) is 10.9 Å². The molecule has 0 fully saturated rings. The van der Waals surface area contributed by atoms with Crippen LogP contribution in [0, 0.1) is 6.92 Å². The zero-order valence-electron chi connectivity index (χ0n) is 18.5. The lowest BCUT2D eigenvalue weighted by Gasteiger charge is -2.22. The summed E-state index contributed by atoms with van der Waals surface area (Å²) in [6, 6.07) is 24.0. The van der Waals surface area contributed by atoms with Crippen molar-refractivity contribution in [1.29, 1.82) is 0 Å². The number of carbonyl (C=O) groups excluding carboxylic acids is 1. The molecular weight excluding hydrogens is 448 g/mol. The molecule has 1 aliphatic heterocycles. The second kappa shape index (κ2) is 9.11. The molecule has 0 bridgehead atoms. The summed E-state index contributed by atoms with van der Waals surface area (Å²) >= 11 is 1.06. The van der Waals surface area contributed by atoms with Gasteiger partial charge in [-0.3, -0.25) is 9.59 Å². The third-order valence-corrected chi connectivity index (χ3v) is 6.71. The molecule has 8 nitrogen and oxygen atoms in total. The number of benzene rings is 3. The van der Waals surface area contributed by atoms with Gasteiger partial charge in [0.1, 0.15) is 5.69 Å². The molecule has 1 atom stereocenters. The van der Waals surface area contributed by atoms with Gasteiger partial charge >= 0.3 is 0 Å². The molecule has 170 valence electrons. The zero-order valence-corrected chi connectivity index (χ0v) is 19.3. The molecule has 4 aromatic rings. The highest BCUT2D eigenvalue weighted by Gasteiger charge is 2.33. The summed E-state index contributed by atoms with van der Waals surface area (Å²) in [4.78, 5) is 25.3. The number of nitrogens with zero attached hydrogens (tertiary/aromatic N) is 5. The molecule has 2 N–H and O–H groups in total. The maximum absolute atomic E-state index is 13.3. The lowest BCUT2D eigenvalue weighted by atomic mass is 9.97. The first-order chi connectivity index (χ1) is 16.5. The zero-order chi connectivity index (χ0) is 23.7. The van der Waals surface area contributed by atoms with Gasteiger partial charge in [-0.2, -0.15) is 9.78 Å². The average Bonchev–Trinajstić information content (AvgIpc) is 3.33. The molecule has 1 aromatic heterocycles. The second-order valence-electron chi connectivity index (χ2n) is 8.01. The quantitative estimate of drug-likeness (QED) is 0.354. The van der Waals surface area contributed by atoms with Gasteiger partial charge < -0.3 is 5.84 Å². The van der Waals surface area contributed by atoms with Crippen LogP contribution in [0.1, 0.15) is 29.3 Å². The van der Waals surface area contributed by atoms with Crippen LogP contribution in [0.25, 0.3) is 10.8 Å². The number of amides is 1.